The molecule has 92 valence electrons. The number of benzene rings is 1. The van der Waals surface area contributed by atoms with Crippen LogP contribution in [-0.4, -0.2) is 9.38 Å². The summed E-state index contributed by atoms with van der Waals surface area (Å²) >= 11 is 9.18. The van der Waals surface area contributed by atoms with Gasteiger partial charge in [-0.05, 0) is 18.2 Å². The van der Waals surface area contributed by atoms with Crippen LogP contribution in [-0.2, 0) is 6.54 Å². The Morgan fingerprint density at radius 1 is 1.44 bits per heavy atom. The first kappa shape index (κ1) is 12.0. The summed E-state index contributed by atoms with van der Waals surface area (Å²) in [5, 5.41) is 3.69. The maximum atomic E-state index is 5.98. The lowest BCUT2D eigenvalue weighted by atomic mass is 10.4. The molecular weight excluding hydrogens is 286 g/mol. The van der Waals surface area contributed by atoms with E-state index in [1.54, 1.807) is 23.1 Å². The Balaban J connectivity index is 2.01. The van der Waals surface area contributed by atoms with Crippen LogP contribution in [0.1, 0.15) is 5.69 Å². The fourth-order valence-electron chi connectivity index (χ4n) is 1.72. The van der Waals surface area contributed by atoms with E-state index in [0.717, 1.165) is 25.6 Å². The van der Waals surface area contributed by atoms with Gasteiger partial charge in [-0.3, -0.25) is 4.40 Å². The van der Waals surface area contributed by atoms with Crippen LogP contribution in [0.4, 0.5) is 0 Å². The highest BCUT2D eigenvalue weighted by atomic mass is 35.5. The molecule has 2 heterocycles. The van der Waals surface area contributed by atoms with E-state index >= 15 is 0 Å². The summed E-state index contributed by atoms with van der Waals surface area (Å²) in [5.41, 5.74) is 6.85. The van der Waals surface area contributed by atoms with Gasteiger partial charge in [0.05, 0.1) is 5.69 Å². The quantitative estimate of drug-likeness (QED) is 0.802. The molecule has 3 aromatic rings. The second-order valence-corrected chi connectivity index (χ2v) is 6.05. The molecule has 0 fully saturated rings. The van der Waals surface area contributed by atoms with E-state index in [0.29, 0.717) is 6.54 Å². The summed E-state index contributed by atoms with van der Waals surface area (Å²) in [6.07, 6.45) is 2.00. The average molecular weight is 296 g/mol. The van der Waals surface area contributed by atoms with Crippen LogP contribution in [0.3, 0.4) is 0 Å². The predicted octanol–water partition coefficient (Wildman–Crippen LogP) is 3.66. The number of imidazole rings is 1. The normalized spacial score (nSPS) is 11.2. The maximum absolute atomic E-state index is 5.98. The van der Waals surface area contributed by atoms with Crippen molar-refractivity contribution in [1.82, 2.24) is 9.38 Å². The molecule has 2 N–H and O–H groups in total. The van der Waals surface area contributed by atoms with Crippen molar-refractivity contribution in [2.24, 2.45) is 5.73 Å². The SMILES string of the molecule is NCc1c(Sc2cccc(Cl)c2)nc2sccn12. The largest absolute Gasteiger partial charge is 0.325 e. The number of nitrogens with two attached hydrogens (primary N) is 1. The van der Waals surface area contributed by atoms with Crippen molar-refractivity contribution in [3.8, 4) is 0 Å². The van der Waals surface area contributed by atoms with Gasteiger partial charge in [0, 0.05) is 28.0 Å². The number of hydrogen-bond donors (Lipinski definition) is 1. The molecule has 0 radical (unpaired) electrons. The number of nitrogens with zero attached hydrogens (tertiary/aromatic N) is 2. The molecule has 0 bridgehead atoms. The van der Waals surface area contributed by atoms with E-state index in [9.17, 15) is 0 Å². The van der Waals surface area contributed by atoms with E-state index < -0.39 is 0 Å². The van der Waals surface area contributed by atoms with Crippen LogP contribution in [0, 0.1) is 0 Å². The summed E-state index contributed by atoms with van der Waals surface area (Å²) in [6, 6.07) is 7.75. The fraction of sp³-hybridized carbons (Fsp3) is 0.0833. The van der Waals surface area contributed by atoms with Gasteiger partial charge in [-0.2, -0.15) is 0 Å². The second kappa shape index (κ2) is 4.93. The summed E-state index contributed by atoms with van der Waals surface area (Å²) in [4.78, 5) is 6.63. The number of fused-ring (bicyclic) bond motifs is 1. The zero-order valence-electron chi connectivity index (χ0n) is 9.34. The molecule has 0 aliphatic carbocycles. The van der Waals surface area contributed by atoms with Gasteiger partial charge in [0.15, 0.2) is 4.96 Å². The van der Waals surface area contributed by atoms with E-state index in [2.05, 4.69) is 4.98 Å². The van der Waals surface area contributed by atoms with Gasteiger partial charge >= 0.3 is 0 Å². The molecule has 3 nitrogen and oxygen atoms in total. The van der Waals surface area contributed by atoms with Crippen molar-refractivity contribution in [3.05, 3.63) is 46.6 Å². The molecule has 0 amide bonds. The highest BCUT2D eigenvalue weighted by Gasteiger charge is 2.12. The topological polar surface area (TPSA) is 43.3 Å². The van der Waals surface area contributed by atoms with Gasteiger partial charge in [-0.1, -0.05) is 29.4 Å². The standard InChI is InChI=1S/C12H10ClN3S2/c13-8-2-1-3-9(6-8)18-11-10(7-14)16-4-5-17-12(16)15-11/h1-6H,7,14H2. The Kier molecular flexibility index (Phi) is 3.30. The summed E-state index contributed by atoms with van der Waals surface area (Å²) in [5.74, 6) is 0. The van der Waals surface area contributed by atoms with Crippen LogP contribution >= 0.6 is 34.7 Å². The third kappa shape index (κ3) is 2.14. The summed E-state index contributed by atoms with van der Waals surface area (Å²) in [6.45, 7) is 0.473. The Labute approximate surface area is 118 Å². The van der Waals surface area contributed by atoms with Crippen molar-refractivity contribution >= 4 is 39.7 Å². The molecule has 0 aliphatic heterocycles. The van der Waals surface area contributed by atoms with E-state index in [1.807, 2.05) is 40.2 Å². The number of aromatic nitrogens is 2. The van der Waals surface area contributed by atoms with Gasteiger partial charge in [0.2, 0.25) is 0 Å². The third-order valence-corrected chi connectivity index (χ3v) is 4.53. The van der Waals surface area contributed by atoms with Crippen molar-refractivity contribution in [3.63, 3.8) is 0 Å². The first-order valence-corrected chi connectivity index (χ1v) is 7.43. The molecule has 1 aromatic carbocycles. The zero-order chi connectivity index (χ0) is 12.5. The monoisotopic (exact) mass is 295 g/mol. The molecule has 18 heavy (non-hydrogen) atoms. The number of halogens is 1. The van der Waals surface area contributed by atoms with Gasteiger partial charge in [0.25, 0.3) is 0 Å². The summed E-state index contributed by atoms with van der Waals surface area (Å²) < 4.78 is 2.04. The molecule has 0 saturated carbocycles. The van der Waals surface area contributed by atoms with Crippen LogP contribution < -0.4 is 5.73 Å². The lowest BCUT2D eigenvalue weighted by molar-refractivity contribution is 0.924. The molecule has 2 aromatic heterocycles. The van der Waals surface area contributed by atoms with E-state index in [1.165, 1.54) is 0 Å². The van der Waals surface area contributed by atoms with Crippen molar-refractivity contribution in [1.29, 1.82) is 0 Å². The molecule has 0 unspecified atom stereocenters. The Hall–Kier alpha value is -1.01. The first-order valence-electron chi connectivity index (χ1n) is 5.36. The molecular formula is C12H10ClN3S2. The maximum Gasteiger partial charge on any atom is 0.194 e. The highest BCUT2D eigenvalue weighted by Crippen LogP contribution is 2.32. The minimum Gasteiger partial charge on any atom is -0.325 e. The fourth-order valence-corrected chi connectivity index (χ4v) is 3.76. The van der Waals surface area contributed by atoms with Crippen LogP contribution in [0.2, 0.25) is 5.02 Å². The molecule has 0 saturated heterocycles. The highest BCUT2D eigenvalue weighted by molar-refractivity contribution is 7.99. The van der Waals surface area contributed by atoms with Crippen molar-refractivity contribution in [2.75, 3.05) is 0 Å². The average Bonchev–Trinajstić information content (AvgIpc) is 2.89. The molecule has 0 spiro atoms. The number of thiazole rings is 1. The minimum atomic E-state index is 0.473. The molecule has 0 atom stereocenters. The van der Waals surface area contributed by atoms with Crippen LogP contribution in [0.5, 0.6) is 0 Å². The van der Waals surface area contributed by atoms with Crippen LogP contribution in [0.25, 0.3) is 4.96 Å². The van der Waals surface area contributed by atoms with Gasteiger partial charge in [-0.25, -0.2) is 4.98 Å². The predicted molar refractivity (Wildman–Crippen MR) is 76.5 cm³/mol. The van der Waals surface area contributed by atoms with E-state index in [4.69, 9.17) is 17.3 Å². The van der Waals surface area contributed by atoms with Gasteiger partial charge < -0.3 is 5.73 Å². The molecule has 3 rings (SSSR count). The van der Waals surface area contributed by atoms with Gasteiger partial charge in [-0.15, -0.1) is 11.3 Å². The lowest BCUT2D eigenvalue weighted by Gasteiger charge is -2.01. The van der Waals surface area contributed by atoms with Crippen molar-refractivity contribution < 1.29 is 0 Å². The first-order chi connectivity index (χ1) is 8.78. The minimum absolute atomic E-state index is 0.473. The van der Waals surface area contributed by atoms with Crippen LogP contribution in [0.15, 0.2) is 45.8 Å². The third-order valence-electron chi connectivity index (χ3n) is 2.53. The summed E-state index contributed by atoms with van der Waals surface area (Å²) in [7, 11) is 0. The zero-order valence-corrected chi connectivity index (χ0v) is 11.7. The Morgan fingerprint density at radius 3 is 3.11 bits per heavy atom. The number of rotatable bonds is 3. The Morgan fingerprint density at radius 2 is 2.33 bits per heavy atom. The molecule has 0 aliphatic rings. The molecule has 6 heteroatoms. The Bertz CT molecular complexity index is 690. The second-order valence-electron chi connectivity index (χ2n) is 3.68. The van der Waals surface area contributed by atoms with Gasteiger partial charge in [0.1, 0.15) is 5.03 Å². The van der Waals surface area contributed by atoms with E-state index in [-0.39, 0.29) is 0 Å². The smallest absolute Gasteiger partial charge is 0.194 e. The number of hydrogen-bond acceptors (Lipinski definition) is 4. The lowest BCUT2D eigenvalue weighted by Crippen LogP contribution is -2.00. The van der Waals surface area contributed by atoms with Crippen molar-refractivity contribution in [2.45, 2.75) is 16.5 Å².